The van der Waals surface area contributed by atoms with Crippen molar-refractivity contribution >= 4 is 12.4 Å². The average Bonchev–Trinajstić information content (AvgIpc) is 2.11. The van der Waals surface area contributed by atoms with E-state index in [1.807, 2.05) is 0 Å². The van der Waals surface area contributed by atoms with E-state index in [4.69, 9.17) is 5.73 Å². The summed E-state index contributed by atoms with van der Waals surface area (Å²) in [6.07, 6.45) is 0. The van der Waals surface area contributed by atoms with Crippen molar-refractivity contribution in [3.05, 3.63) is 35.1 Å². The van der Waals surface area contributed by atoms with Gasteiger partial charge in [-0.3, -0.25) is 0 Å². The Balaban J connectivity index is 0.00000112. The molecule has 15 heavy (non-hydrogen) atoms. The van der Waals surface area contributed by atoms with Crippen LogP contribution in [0.2, 0.25) is 0 Å². The molecule has 1 saturated heterocycles. The smallest absolute Gasteiger partial charge is 0.194 e. The Morgan fingerprint density at radius 1 is 1.13 bits per heavy atom. The van der Waals surface area contributed by atoms with Crippen molar-refractivity contribution in [1.29, 1.82) is 0 Å². The highest BCUT2D eigenvalue weighted by atomic mass is 35.5. The van der Waals surface area contributed by atoms with E-state index in [1.54, 1.807) is 0 Å². The molecule has 0 radical (unpaired) electrons. The second-order valence-electron chi connectivity index (χ2n) is 3.48. The number of halogens is 4. The minimum atomic E-state index is -1.46. The van der Waals surface area contributed by atoms with Crippen LogP contribution in [0.3, 0.4) is 0 Å². The molecule has 0 amide bonds. The summed E-state index contributed by atoms with van der Waals surface area (Å²) in [5.74, 6) is -3.84. The first-order chi connectivity index (χ1) is 6.54. The van der Waals surface area contributed by atoms with Crippen LogP contribution in [0.25, 0.3) is 0 Å². The summed E-state index contributed by atoms with van der Waals surface area (Å²) in [5.41, 5.74) is 4.87. The molecule has 1 fully saturated rings. The first kappa shape index (κ1) is 12.3. The molecule has 0 aromatic heterocycles. The van der Waals surface area contributed by atoms with Gasteiger partial charge in [0.25, 0.3) is 0 Å². The summed E-state index contributed by atoms with van der Waals surface area (Å²) in [6.45, 7) is 0.740. The SMILES string of the molecule is Cl.NC1(c2ccc(F)c(F)c2F)CNC1. The van der Waals surface area contributed by atoms with E-state index in [1.165, 1.54) is 6.07 Å². The minimum Gasteiger partial charge on any atom is -0.319 e. The number of nitrogens with one attached hydrogen (secondary N) is 1. The zero-order valence-electron chi connectivity index (χ0n) is 7.69. The molecule has 0 atom stereocenters. The van der Waals surface area contributed by atoms with Crippen LogP contribution in [0.4, 0.5) is 13.2 Å². The first-order valence-corrected chi connectivity index (χ1v) is 4.18. The fourth-order valence-corrected chi connectivity index (χ4v) is 1.50. The Morgan fingerprint density at radius 2 is 1.73 bits per heavy atom. The first-order valence-electron chi connectivity index (χ1n) is 4.18. The zero-order chi connectivity index (χ0) is 10.3. The number of benzene rings is 1. The maximum atomic E-state index is 13.3. The van der Waals surface area contributed by atoms with Crippen molar-refractivity contribution in [3.8, 4) is 0 Å². The van der Waals surface area contributed by atoms with Crippen LogP contribution in [-0.4, -0.2) is 13.1 Å². The molecule has 0 bridgehead atoms. The molecule has 2 rings (SSSR count). The minimum absolute atomic E-state index is 0. The van der Waals surface area contributed by atoms with E-state index in [2.05, 4.69) is 5.32 Å². The summed E-state index contributed by atoms with van der Waals surface area (Å²) in [4.78, 5) is 0. The summed E-state index contributed by atoms with van der Waals surface area (Å²) in [6, 6.07) is 2.08. The van der Waals surface area contributed by atoms with E-state index >= 15 is 0 Å². The van der Waals surface area contributed by atoms with Gasteiger partial charge in [0.05, 0.1) is 5.54 Å². The number of hydrogen-bond donors (Lipinski definition) is 2. The van der Waals surface area contributed by atoms with Gasteiger partial charge in [0.1, 0.15) is 0 Å². The average molecular weight is 239 g/mol. The quantitative estimate of drug-likeness (QED) is 0.724. The normalized spacial score (nSPS) is 17.9. The Bertz CT molecular complexity index is 380. The predicted octanol–water partition coefficient (Wildman–Crippen LogP) is 1.28. The third kappa shape index (κ3) is 1.82. The van der Waals surface area contributed by atoms with Crippen LogP contribution >= 0.6 is 12.4 Å². The lowest BCUT2D eigenvalue weighted by atomic mass is 9.85. The van der Waals surface area contributed by atoms with E-state index in [0.717, 1.165) is 6.07 Å². The molecule has 1 aliphatic rings. The molecule has 2 nitrogen and oxygen atoms in total. The largest absolute Gasteiger partial charge is 0.319 e. The van der Waals surface area contributed by atoms with Gasteiger partial charge >= 0.3 is 0 Å². The van der Waals surface area contributed by atoms with Gasteiger partial charge in [-0.05, 0) is 6.07 Å². The Morgan fingerprint density at radius 3 is 2.20 bits per heavy atom. The maximum absolute atomic E-state index is 13.3. The number of rotatable bonds is 1. The van der Waals surface area contributed by atoms with Crippen LogP contribution < -0.4 is 11.1 Å². The van der Waals surface area contributed by atoms with Crippen molar-refractivity contribution < 1.29 is 13.2 Å². The second kappa shape index (κ2) is 4.00. The molecule has 1 aromatic carbocycles. The Kier molecular flexibility index (Phi) is 3.28. The highest BCUT2D eigenvalue weighted by molar-refractivity contribution is 5.85. The van der Waals surface area contributed by atoms with E-state index < -0.39 is 23.0 Å². The van der Waals surface area contributed by atoms with Crippen LogP contribution in [0, 0.1) is 17.5 Å². The maximum Gasteiger partial charge on any atom is 0.194 e. The molecule has 84 valence electrons. The monoisotopic (exact) mass is 238 g/mol. The van der Waals surface area contributed by atoms with Gasteiger partial charge in [0, 0.05) is 18.7 Å². The molecule has 6 heteroatoms. The summed E-state index contributed by atoms with van der Waals surface area (Å²) in [7, 11) is 0. The zero-order valence-corrected chi connectivity index (χ0v) is 8.50. The molecule has 1 aromatic rings. The van der Waals surface area contributed by atoms with E-state index in [-0.39, 0.29) is 18.0 Å². The topological polar surface area (TPSA) is 38.0 Å². The van der Waals surface area contributed by atoms with Gasteiger partial charge in [-0.2, -0.15) is 0 Å². The van der Waals surface area contributed by atoms with Crippen LogP contribution in [0.15, 0.2) is 12.1 Å². The highest BCUT2D eigenvalue weighted by Crippen LogP contribution is 2.27. The van der Waals surface area contributed by atoms with Gasteiger partial charge in [0.2, 0.25) is 0 Å². The molecule has 1 heterocycles. The lowest BCUT2D eigenvalue weighted by Gasteiger charge is -2.39. The summed E-state index contributed by atoms with van der Waals surface area (Å²) < 4.78 is 38.7. The van der Waals surface area contributed by atoms with Gasteiger partial charge in [-0.25, -0.2) is 13.2 Å². The summed E-state index contributed by atoms with van der Waals surface area (Å²) in [5, 5.41) is 2.85. The van der Waals surface area contributed by atoms with Crippen molar-refractivity contribution in [3.63, 3.8) is 0 Å². The summed E-state index contributed by atoms with van der Waals surface area (Å²) >= 11 is 0. The molecule has 0 saturated carbocycles. The fraction of sp³-hybridized carbons (Fsp3) is 0.333. The van der Waals surface area contributed by atoms with Crippen molar-refractivity contribution in [2.24, 2.45) is 5.73 Å². The molecular weight excluding hydrogens is 229 g/mol. The Labute approximate surface area is 91.1 Å². The van der Waals surface area contributed by atoms with Crippen LogP contribution in [0.5, 0.6) is 0 Å². The van der Waals surface area contributed by atoms with Crippen molar-refractivity contribution in [2.75, 3.05) is 13.1 Å². The fourth-order valence-electron chi connectivity index (χ4n) is 1.50. The predicted molar refractivity (Wildman–Crippen MR) is 52.3 cm³/mol. The van der Waals surface area contributed by atoms with Gasteiger partial charge in [-0.1, -0.05) is 6.07 Å². The number of hydrogen-bond acceptors (Lipinski definition) is 2. The van der Waals surface area contributed by atoms with Crippen molar-refractivity contribution in [2.45, 2.75) is 5.54 Å². The van der Waals surface area contributed by atoms with Gasteiger partial charge in [0.15, 0.2) is 17.5 Å². The third-order valence-electron chi connectivity index (χ3n) is 2.45. The Hall–Kier alpha value is -0.780. The molecule has 1 aliphatic heterocycles. The van der Waals surface area contributed by atoms with Crippen LogP contribution in [-0.2, 0) is 5.54 Å². The second-order valence-corrected chi connectivity index (χ2v) is 3.48. The molecular formula is C9H10ClF3N2. The lowest BCUT2D eigenvalue weighted by Crippen LogP contribution is -2.63. The van der Waals surface area contributed by atoms with Crippen molar-refractivity contribution in [1.82, 2.24) is 5.32 Å². The molecule has 0 unspecified atom stereocenters. The number of nitrogens with two attached hydrogens (primary N) is 1. The molecule has 0 spiro atoms. The standard InChI is InChI=1S/C9H9F3N2.ClH/c10-6-2-1-5(7(11)8(6)12)9(13)3-14-4-9;/h1-2,14H,3-4,13H2;1H. The highest BCUT2D eigenvalue weighted by Gasteiger charge is 2.37. The van der Waals surface area contributed by atoms with Gasteiger partial charge in [-0.15, -0.1) is 12.4 Å². The van der Waals surface area contributed by atoms with E-state index in [0.29, 0.717) is 13.1 Å². The van der Waals surface area contributed by atoms with Crippen LogP contribution in [0.1, 0.15) is 5.56 Å². The van der Waals surface area contributed by atoms with Gasteiger partial charge < -0.3 is 11.1 Å². The van der Waals surface area contributed by atoms with E-state index in [9.17, 15) is 13.2 Å². The molecule has 3 N–H and O–H groups in total. The molecule has 0 aliphatic carbocycles. The lowest BCUT2D eigenvalue weighted by molar-refractivity contribution is 0.272. The third-order valence-corrected chi connectivity index (χ3v) is 2.45.